The summed E-state index contributed by atoms with van der Waals surface area (Å²) in [5, 5.41) is 7.03. The zero-order valence-electron chi connectivity index (χ0n) is 13.3. The van der Waals surface area contributed by atoms with Crippen molar-refractivity contribution in [3.8, 4) is 17.2 Å². The first-order valence-corrected chi connectivity index (χ1v) is 7.26. The number of benzene rings is 1. The van der Waals surface area contributed by atoms with E-state index in [0.29, 0.717) is 23.2 Å². The summed E-state index contributed by atoms with van der Waals surface area (Å²) in [4.78, 5) is 8.79. The zero-order chi connectivity index (χ0) is 16.3. The second-order valence-electron chi connectivity index (χ2n) is 5.61. The summed E-state index contributed by atoms with van der Waals surface area (Å²) >= 11 is 0. The lowest BCUT2D eigenvalue weighted by Crippen LogP contribution is -2.29. The van der Waals surface area contributed by atoms with Gasteiger partial charge < -0.3 is 14.6 Å². The second kappa shape index (κ2) is 6.08. The summed E-state index contributed by atoms with van der Waals surface area (Å²) in [7, 11) is 1.56. The van der Waals surface area contributed by atoms with E-state index in [2.05, 4.69) is 46.4 Å². The van der Waals surface area contributed by atoms with E-state index in [-0.39, 0.29) is 5.54 Å². The Hall–Kier alpha value is -2.89. The number of hydrogen-bond acceptors (Lipinski definition) is 6. The second-order valence-corrected chi connectivity index (χ2v) is 5.61. The molecule has 2 aromatic heterocycles. The van der Waals surface area contributed by atoms with Gasteiger partial charge in [-0.15, -0.1) is 0 Å². The molecule has 6 nitrogen and oxygen atoms in total. The molecule has 2 heterocycles. The molecule has 0 unspecified atom stereocenters. The van der Waals surface area contributed by atoms with E-state index in [0.717, 1.165) is 5.56 Å². The first-order valence-electron chi connectivity index (χ1n) is 7.26. The molecule has 1 N–H and O–H groups in total. The molecule has 0 amide bonds. The van der Waals surface area contributed by atoms with Crippen LogP contribution in [0, 0.1) is 0 Å². The smallest absolute Gasteiger partial charge is 0.229 e. The van der Waals surface area contributed by atoms with Gasteiger partial charge in [0.2, 0.25) is 11.8 Å². The van der Waals surface area contributed by atoms with Crippen LogP contribution in [-0.2, 0) is 5.54 Å². The highest BCUT2D eigenvalue weighted by atomic mass is 16.5. The third kappa shape index (κ3) is 3.15. The van der Waals surface area contributed by atoms with Crippen molar-refractivity contribution in [3.05, 3.63) is 54.4 Å². The molecule has 0 saturated heterocycles. The highest BCUT2D eigenvalue weighted by Crippen LogP contribution is 2.30. The van der Waals surface area contributed by atoms with Crippen LogP contribution < -0.4 is 10.1 Å². The van der Waals surface area contributed by atoms with Crippen LogP contribution in [0.3, 0.4) is 0 Å². The van der Waals surface area contributed by atoms with Gasteiger partial charge in [0.25, 0.3) is 0 Å². The molecule has 0 saturated carbocycles. The Bertz CT molecular complexity index is 771. The largest absolute Gasteiger partial charge is 0.480 e. The highest BCUT2D eigenvalue weighted by molar-refractivity contribution is 5.63. The molecule has 0 aliphatic carbocycles. The first kappa shape index (κ1) is 15.0. The molecule has 118 valence electrons. The maximum atomic E-state index is 5.35. The third-order valence-electron chi connectivity index (χ3n) is 3.57. The van der Waals surface area contributed by atoms with Gasteiger partial charge >= 0.3 is 0 Å². The fraction of sp³-hybridized carbons (Fsp3) is 0.235. The molecule has 23 heavy (non-hydrogen) atoms. The van der Waals surface area contributed by atoms with Crippen molar-refractivity contribution in [2.24, 2.45) is 0 Å². The minimum absolute atomic E-state index is 0.319. The van der Waals surface area contributed by atoms with Gasteiger partial charge in [-0.05, 0) is 19.4 Å². The minimum Gasteiger partial charge on any atom is -0.480 e. The Balaban J connectivity index is 1.89. The van der Waals surface area contributed by atoms with Crippen LogP contribution in [-0.4, -0.2) is 22.2 Å². The molecular weight excluding hydrogens is 292 g/mol. The van der Waals surface area contributed by atoms with E-state index in [4.69, 9.17) is 9.26 Å². The maximum absolute atomic E-state index is 5.35. The summed E-state index contributed by atoms with van der Waals surface area (Å²) in [6.45, 7) is 4.14. The van der Waals surface area contributed by atoms with Crippen LogP contribution in [0.5, 0.6) is 5.88 Å². The fourth-order valence-electron chi connectivity index (χ4n) is 2.31. The van der Waals surface area contributed by atoms with Crippen molar-refractivity contribution >= 4 is 5.95 Å². The molecule has 0 aliphatic heterocycles. The van der Waals surface area contributed by atoms with E-state index < -0.39 is 0 Å². The third-order valence-corrected chi connectivity index (χ3v) is 3.57. The average molecular weight is 310 g/mol. The molecule has 0 spiro atoms. The Labute approximate surface area is 134 Å². The van der Waals surface area contributed by atoms with Crippen LogP contribution in [0.2, 0.25) is 0 Å². The summed E-state index contributed by atoms with van der Waals surface area (Å²) in [6, 6.07) is 11.9. The molecule has 0 atom stereocenters. The number of aromatic nitrogens is 3. The van der Waals surface area contributed by atoms with E-state index in [1.165, 1.54) is 0 Å². The first-order chi connectivity index (χ1) is 11.1. The molecular formula is C17H18N4O2. The highest BCUT2D eigenvalue weighted by Gasteiger charge is 2.22. The molecule has 6 heteroatoms. The van der Waals surface area contributed by atoms with Crippen LogP contribution >= 0.6 is 0 Å². The van der Waals surface area contributed by atoms with Crippen molar-refractivity contribution in [2.45, 2.75) is 19.4 Å². The number of methoxy groups -OCH3 is 1. The number of ether oxygens (including phenoxy) is 1. The predicted molar refractivity (Wildman–Crippen MR) is 87.2 cm³/mol. The Morgan fingerprint density at radius 1 is 1.13 bits per heavy atom. The van der Waals surface area contributed by atoms with Gasteiger partial charge in [0.1, 0.15) is 5.56 Å². The number of nitrogens with zero attached hydrogens (tertiary/aromatic N) is 3. The van der Waals surface area contributed by atoms with Gasteiger partial charge in [-0.1, -0.05) is 35.5 Å². The number of anilines is 1. The van der Waals surface area contributed by atoms with Crippen LogP contribution in [0.4, 0.5) is 5.95 Å². The Kier molecular flexibility index (Phi) is 3.97. The van der Waals surface area contributed by atoms with E-state index >= 15 is 0 Å². The van der Waals surface area contributed by atoms with Gasteiger partial charge in [-0.2, -0.15) is 4.98 Å². The molecule has 0 fully saturated rings. The van der Waals surface area contributed by atoms with Crippen LogP contribution in [0.1, 0.15) is 19.4 Å². The Morgan fingerprint density at radius 3 is 2.57 bits per heavy atom. The van der Waals surface area contributed by atoms with Crippen molar-refractivity contribution in [2.75, 3.05) is 12.4 Å². The van der Waals surface area contributed by atoms with Gasteiger partial charge in [0.15, 0.2) is 5.76 Å². The normalized spacial score (nSPS) is 11.3. The molecule has 0 bridgehead atoms. The average Bonchev–Trinajstić information content (AvgIpc) is 3.09. The fourth-order valence-corrected chi connectivity index (χ4v) is 2.31. The standard InChI is InChI=1S/C17H18N4O2/c1-17(2,12-7-5-4-6-8-12)21-16-18-11-13(15(20-16)22-3)14-9-10-19-23-14/h4-11H,1-3H3,(H,18,20,21). The SMILES string of the molecule is COc1nc(NC(C)(C)c2ccccc2)ncc1-c1ccno1. The topological polar surface area (TPSA) is 73.1 Å². The Morgan fingerprint density at radius 2 is 1.91 bits per heavy atom. The molecule has 3 rings (SSSR count). The predicted octanol–water partition coefficient (Wildman–Crippen LogP) is 3.49. The van der Waals surface area contributed by atoms with Crippen LogP contribution in [0.25, 0.3) is 11.3 Å². The van der Waals surface area contributed by atoms with E-state index in [1.807, 2.05) is 18.2 Å². The maximum Gasteiger partial charge on any atom is 0.229 e. The van der Waals surface area contributed by atoms with Gasteiger partial charge in [0.05, 0.1) is 18.8 Å². The molecule has 1 aromatic carbocycles. The summed E-state index contributed by atoms with van der Waals surface area (Å²) in [5.74, 6) is 1.48. The lowest BCUT2D eigenvalue weighted by Gasteiger charge is -2.27. The zero-order valence-corrected chi connectivity index (χ0v) is 13.3. The number of nitrogens with one attached hydrogen (secondary N) is 1. The minimum atomic E-state index is -0.319. The van der Waals surface area contributed by atoms with Crippen molar-refractivity contribution in [1.82, 2.24) is 15.1 Å². The number of rotatable bonds is 5. The summed E-state index contributed by atoms with van der Waals surface area (Å²) < 4.78 is 10.5. The van der Waals surface area contributed by atoms with Crippen LogP contribution in [0.15, 0.2) is 53.3 Å². The lowest BCUT2D eigenvalue weighted by molar-refractivity contribution is 0.391. The number of hydrogen-bond donors (Lipinski definition) is 1. The summed E-state index contributed by atoms with van der Waals surface area (Å²) in [6.07, 6.45) is 3.23. The van der Waals surface area contributed by atoms with E-state index in [9.17, 15) is 0 Å². The van der Waals surface area contributed by atoms with Gasteiger partial charge in [-0.3, -0.25) is 0 Å². The van der Waals surface area contributed by atoms with Crippen molar-refractivity contribution in [1.29, 1.82) is 0 Å². The molecule has 0 aliphatic rings. The van der Waals surface area contributed by atoms with Crippen molar-refractivity contribution < 1.29 is 9.26 Å². The van der Waals surface area contributed by atoms with E-state index in [1.54, 1.807) is 25.6 Å². The van der Waals surface area contributed by atoms with Crippen molar-refractivity contribution in [3.63, 3.8) is 0 Å². The van der Waals surface area contributed by atoms with Gasteiger partial charge in [-0.25, -0.2) is 4.98 Å². The monoisotopic (exact) mass is 310 g/mol. The summed E-state index contributed by atoms with van der Waals surface area (Å²) in [5.41, 5.74) is 1.48. The van der Waals surface area contributed by atoms with Gasteiger partial charge in [0, 0.05) is 12.3 Å². The lowest BCUT2D eigenvalue weighted by atomic mass is 9.95. The molecule has 3 aromatic rings. The quantitative estimate of drug-likeness (QED) is 0.777. The molecule has 0 radical (unpaired) electrons.